The first-order chi connectivity index (χ1) is 12.2. The zero-order valence-electron chi connectivity index (χ0n) is 12.6. The van der Waals surface area contributed by atoms with Crippen molar-refractivity contribution in [2.75, 3.05) is 7.11 Å². The largest absolute Gasteiger partial charge is 0.793 e. The number of hydrogen-bond acceptors (Lipinski definition) is 6. The Bertz CT molecular complexity index is 605. The van der Waals surface area contributed by atoms with Gasteiger partial charge in [-0.1, -0.05) is 0 Å². The number of alkyl halides is 12. The minimum Gasteiger partial charge on any atom is -0.471 e. The Morgan fingerprint density at radius 2 is 1.29 bits per heavy atom. The molecule has 0 atom stereocenters. The molecule has 0 aromatic carbocycles. The number of halogens is 12. The number of carbonyl (C=O) groups is 2. The van der Waals surface area contributed by atoms with E-state index in [1.165, 1.54) is 0 Å². The molecule has 28 heavy (non-hydrogen) atoms. The Morgan fingerprint density at radius 3 is 1.54 bits per heavy atom. The summed E-state index contributed by atoms with van der Waals surface area (Å²) in [5.41, 5.74) is -11.7. The van der Waals surface area contributed by atoms with Gasteiger partial charge >= 0.3 is 55.2 Å². The molecule has 0 bridgehead atoms. The lowest BCUT2D eigenvalue weighted by atomic mass is 10.0. The summed E-state index contributed by atoms with van der Waals surface area (Å²) in [5, 5.41) is 0. The van der Waals surface area contributed by atoms with Gasteiger partial charge in [-0.25, -0.2) is 9.59 Å². The standard InChI is InChI=1S/C9H3BF12O6/c1-25-4(6(11,12)13,7(14,15)16)2(23)26-10-27-3(24)5(28-10,8(17,18)19)9(20,21)22/h1H3. The maximum absolute atomic E-state index is 12.7. The lowest BCUT2D eigenvalue weighted by Gasteiger charge is -2.33. The number of methoxy groups -OCH3 is 1. The van der Waals surface area contributed by atoms with Crippen molar-refractivity contribution in [3.05, 3.63) is 0 Å². The number of ether oxygens (including phenoxy) is 1. The highest BCUT2D eigenvalue weighted by atomic mass is 19.4. The molecule has 19 heteroatoms. The van der Waals surface area contributed by atoms with Gasteiger partial charge in [0.2, 0.25) is 0 Å². The molecule has 1 heterocycles. The highest BCUT2D eigenvalue weighted by Gasteiger charge is 2.85. The Balaban J connectivity index is 3.33. The third-order valence-corrected chi connectivity index (χ3v) is 3.16. The molecular formula is C9H3BF12O6. The number of carbonyl (C=O) groups excluding carboxylic acids is 2. The van der Waals surface area contributed by atoms with E-state index in [1.54, 1.807) is 0 Å². The molecule has 6 nitrogen and oxygen atoms in total. The topological polar surface area (TPSA) is 71.1 Å². The SMILES string of the molecule is COC(C(=O)OB1OC(=O)C(C(F)(F)F)(C(F)(F)F)O1)(C(F)(F)F)C(F)(F)F. The summed E-state index contributed by atoms with van der Waals surface area (Å²) in [6, 6.07) is 0. The molecule has 0 aromatic rings. The minimum absolute atomic E-state index is 0.306. The maximum atomic E-state index is 12.7. The molecule has 0 radical (unpaired) electrons. The molecule has 162 valence electrons. The van der Waals surface area contributed by atoms with Crippen molar-refractivity contribution >= 4 is 19.3 Å². The third-order valence-electron chi connectivity index (χ3n) is 3.16. The lowest BCUT2D eigenvalue weighted by molar-refractivity contribution is -0.362. The third kappa shape index (κ3) is 3.33. The van der Waals surface area contributed by atoms with Crippen molar-refractivity contribution in [1.82, 2.24) is 0 Å². The zero-order chi connectivity index (χ0) is 22.6. The molecule has 0 aromatic heterocycles. The number of rotatable bonds is 3. The highest BCUT2D eigenvalue weighted by molar-refractivity contribution is 6.45. The van der Waals surface area contributed by atoms with E-state index >= 15 is 0 Å². The van der Waals surface area contributed by atoms with Gasteiger partial charge < -0.3 is 18.7 Å². The second-order valence-electron chi connectivity index (χ2n) is 4.77. The van der Waals surface area contributed by atoms with Crippen LogP contribution in [-0.4, -0.2) is 62.3 Å². The van der Waals surface area contributed by atoms with Crippen LogP contribution in [0, 0.1) is 0 Å². The van der Waals surface area contributed by atoms with Gasteiger partial charge in [-0.2, -0.15) is 52.7 Å². The molecule has 0 spiro atoms. The Morgan fingerprint density at radius 1 is 0.893 bits per heavy atom. The van der Waals surface area contributed by atoms with E-state index in [0.29, 0.717) is 0 Å². The van der Waals surface area contributed by atoms with Gasteiger partial charge in [0.05, 0.1) is 0 Å². The second kappa shape index (κ2) is 6.56. The fourth-order valence-electron chi connectivity index (χ4n) is 1.84. The van der Waals surface area contributed by atoms with Crippen LogP contribution < -0.4 is 0 Å². The minimum atomic E-state index is -6.65. The maximum Gasteiger partial charge on any atom is 0.793 e. The summed E-state index contributed by atoms with van der Waals surface area (Å²) in [5.74, 6) is -6.94. The summed E-state index contributed by atoms with van der Waals surface area (Å²) < 4.78 is 165. The Labute approximate surface area is 144 Å². The fourth-order valence-corrected chi connectivity index (χ4v) is 1.84. The van der Waals surface area contributed by atoms with Crippen LogP contribution in [0.5, 0.6) is 0 Å². The van der Waals surface area contributed by atoms with E-state index in [1.807, 2.05) is 0 Å². The number of hydrogen-bond donors (Lipinski definition) is 0. The lowest BCUT2D eigenvalue weighted by Crippen LogP contribution is -2.65. The van der Waals surface area contributed by atoms with Crippen LogP contribution in [0.1, 0.15) is 0 Å². The van der Waals surface area contributed by atoms with Crippen LogP contribution in [0.2, 0.25) is 0 Å². The molecule has 0 amide bonds. The van der Waals surface area contributed by atoms with Crippen molar-refractivity contribution in [3.63, 3.8) is 0 Å². The average molecular weight is 446 g/mol. The van der Waals surface area contributed by atoms with Crippen LogP contribution in [0.15, 0.2) is 0 Å². The van der Waals surface area contributed by atoms with E-state index in [9.17, 15) is 62.3 Å². The van der Waals surface area contributed by atoms with Crippen LogP contribution in [-0.2, 0) is 28.3 Å². The molecular weight excluding hydrogens is 443 g/mol. The summed E-state index contributed by atoms with van der Waals surface area (Å²) >= 11 is 0. The summed E-state index contributed by atoms with van der Waals surface area (Å²) in [6.07, 6.45) is -26.6. The van der Waals surface area contributed by atoms with Gasteiger partial charge in [-0.3, -0.25) is 0 Å². The summed E-state index contributed by atoms with van der Waals surface area (Å²) in [6.45, 7) is 0. The molecule has 0 aliphatic carbocycles. The first kappa shape index (κ1) is 24.1. The normalized spacial score (nSPS) is 18.9. The second-order valence-corrected chi connectivity index (χ2v) is 4.77. The van der Waals surface area contributed by atoms with Crippen molar-refractivity contribution < 1.29 is 81.0 Å². The van der Waals surface area contributed by atoms with Crippen LogP contribution >= 0.6 is 0 Å². The zero-order valence-corrected chi connectivity index (χ0v) is 12.6. The molecule has 1 aliphatic heterocycles. The van der Waals surface area contributed by atoms with Gasteiger partial charge in [0.1, 0.15) is 0 Å². The van der Waals surface area contributed by atoms with Gasteiger partial charge in [0.25, 0.3) is 0 Å². The van der Waals surface area contributed by atoms with Crippen molar-refractivity contribution in [3.8, 4) is 0 Å². The quantitative estimate of drug-likeness (QED) is 0.491. The Kier molecular flexibility index (Phi) is 5.65. The van der Waals surface area contributed by atoms with E-state index in [4.69, 9.17) is 0 Å². The monoisotopic (exact) mass is 446 g/mol. The average Bonchev–Trinajstić information content (AvgIpc) is 2.73. The smallest absolute Gasteiger partial charge is 0.471 e. The van der Waals surface area contributed by atoms with Gasteiger partial charge in [0, 0.05) is 7.11 Å². The fraction of sp³-hybridized carbons (Fsp3) is 0.778. The van der Waals surface area contributed by atoms with Gasteiger partial charge in [0.15, 0.2) is 0 Å². The highest BCUT2D eigenvalue weighted by Crippen LogP contribution is 2.51. The predicted molar refractivity (Wildman–Crippen MR) is 55.7 cm³/mol. The molecule has 0 unspecified atom stereocenters. The van der Waals surface area contributed by atoms with Gasteiger partial charge in [-0.05, 0) is 0 Å². The predicted octanol–water partition coefficient (Wildman–Crippen LogP) is 2.46. The van der Waals surface area contributed by atoms with Crippen LogP contribution in [0.25, 0.3) is 0 Å². The first-order valence-corrected chi connectivity index (χ1v) is 6.11. The molecule has 0 N–H and O–H groups in total. The van der Waals surface area contributed by atoms with E-state index in [0.717, 1.165) is 0 Å². The van der Waals surface area contributed by atoms with Crippen LogP contribution in [0.4, 0.5) is 52.7 Å². The molecule has 1 fully saturated rings. The summed E-state index contributed by atoms with van der Waals surface area (Å²) in [4.78, 5) is 22.4. The van der Waals surface area contributed by atoms with Crippen molar-refractivity contribution in [1.29, 1.82) is 0 Å². The molecule has 1 rings (SSSR count). The van der Waals surface area contributed by atoms with E-state index < -0.39 is 55.2 Å². The first-order valence-electron chi connectivity index (χ1n) is 6.11. The molecule has 1 aliphatic rings. The van der Waals surface area contributed by atoms with E-state index in [2.05, 4.69) is 18.7 Å². The van der Waals surface area contributed by atoms with Crippen LogP contribution in [0.3, 0.4) is 0 Å². The van der Waals surface area contributed by atoms with Crippen molar-refractivity contribution in [2.45, 2.75) is 35.9 Å². The molecule has 1 saturated heterocycles. The summed E-state index contributed by atoms with van der Waals surface area (Å²) in [7, 11) is -4.16. The van der Waals surface area contributed by atoms with Gasteiger partial charge in [-0.15, -0.1) is 0 Å². The molecule has 0 saturated carbocycles. The van der Waals surface area contributed by atoms with E-state index in [-0.39, 0.29) is 7.11 Å². The Hall–Kier alpha value is -1.92. The van der Waals surface area contributed by atoms with Crippen molar-refractivity contribution in [2.24, 2.45) is 0 Å².